The first-order chi connectivity index (χ1) is 8.42. The molecule has 1 aromatic rings. The van der Waals surface area contributed by atoms with Gasteiger partial charge in [0.25, 0.3) is 0 Å². The standard InChI is InChI=1S/C13H19N3O/c1-4-14-8-10(1)7-13-15-9-11-2-5-17-6-3-12(11)16-13/h9-10,14H,1-8H2. The molecule has 1 atom stereocenters. The van der Waals surface area contributed by atoms with Crippen LogP contribution < -0.4 is 5.32 Å². The molecule has 0 aliphatic carbocycles. The van der Waals surface area contributed by atoms with Crippen LogP contribution in [0.3, 0.4) is 0 Å². The van der Waals surface area contributed by atoms with Gasteiger partial charge in [-0.3, -0.25) is 0 Å². The van der Waals surface area contributed by atoms with Crippen LogP contribution in [-0.4, -0.2) is 36.3 Å². The van der Waals surface area contributed by atoms with Crippen molar-refractivity contribution in [2.75, 3.05) is 26.3 Å². The fourth-order valence-corrected chi connectivity index (χ4v) is 2.61. The fourth-order valence-electron chi connectivity index (χ4n) is 2.61. The number of aromatic nitrogens is 2. The minimum atomic E-state index is 0.718. The van der Waals surface area contributed by atoms with Crippen LogP contribution in [0.5, 0.6) is 0 Å². The summed E-state index contributed by atoms with van der Waals surface area (Å²) in [5, 5.41) is 3.39. The van der Waals surface area contributed by atoms with E-state index in [1.165, 1.54) is 17.7 Å². The first-order valence-corrected chi connectivity index (χ1v) is 6.54. The maximum Gasteiger partial charge on any atom is 0.128 e. The summed E-state index contributed by atoms with van der Waals surface area (Å²) in [6, 6.07) is 0. The maximum atomic E-state index is 5.47. The van der Waals surface area contributed by atoms with Gasteiger partial charge in [-0.25, -0.2) is 9.97 Å². The molecule has 0 amide bonds. The van der Waals surface area contributed by atoms with Gasteiger partial charge >= 0.3 is 0 Å². The molecule has 0 spiro atoms. The second-order valence-electron chi connectivity index (χ2n) is 4.93. The molecule has 0 radical (unpaired) electrons. The molecule has 1 fully saturated rings. The van der Waals surface area contributed by atoms with Crippen LogP contribution in [0.2, 0.25) is 0 Å². The predicted octanol–water partition coefficient (Wildman–Crippen LogP) is 0.744. The molecule has 1 saturated heterocycles. The maximum absolute atomic E-state index is 5.47. The number of rotatable bonds is 2. The minimum Gasteiger partial charge on any atom is -0.381 e. The highest BCUT2D eigenvalue weighted by molar-refractivity contribution is 5.19. The van der Waals surface area contributed by atoms with Crippen LogP contribution in [0.25, 0.3) is 0 Å². The zero-order chi connectivity index (χ0) is 11.5. The van der Waals surface area contributed by atoms with E-state index in [1.54, 1.807) is 0 Å². The average molecular weight is 233 g/mol. The smallest absolute Gasteiger partial charge is 0.128 e. The van der Waals surface area contributed by atoms with E-state index in [2.05, 4.69) is 10.3 Å². The molecule has 0 bridgehead atoms. The van der Waals surface area contributed by atoms with E-state index in [0.29, 0.717) is 0 Å². The molecule has 1 unspecified atom stereocenters. The average Bonchev–Trinajstić information content (AvgIpc) is 2.73. The number of ether oxygens (including phenoxy) is 1. The van der Waals surface area contributed by atoms with E-state index in [9.17, 15) is 0 Å². The van der Waals surface area contributed by atoms with Crippen molar-refractivity contribution in [1.29, 1.82) is 0 Å². The third-order valence-corrected chi connectivity index (χ3v) is 3.64. The molecule has 1 N–H and O–H groups in total. The summed E-state index contributed by atoms with van der Waals surface area (Å²) in [4.78, 5) is 9.22. The summed E-state index contributed by atoms with van der Waals surface area (Å²) in [5.41, 5.74) is 2.48. The monoisotopic (exact) mass is 233 g/mol. The zero-order valence-electron chi connectivity index (χ0n) is 10.1. The Morgan fingerprint density at radius 2 is 2.29 bits per heavy atom. The Morgan fingerprint density at radius 3 is 3.18 bits per heavy atom. The number of nitrogens with zero attached hydrogens (tertiary/aromatic N) is 2. The minimum absolute atomic E-state index is 0.718. The van der Waals surface area contributed by atoms with Crippen LogP contribution in [-0.2, 0) is 24.0 Å². The van der Waals surface area contributed by atoms with Crippen molar-refractivity contribution in [2.45, 2.75) is 25.7 Å². The van der Waals surface area contributed by atoms with Crippen LogP contribution in [0.1, 0.15) is 23.5 Å². The highest BCUT2D eigenvalue weighted by atomic mass is 16.5. The molecule has 4 heteroatoms. The lowest BCUT2D eigenvalue weighted by atomic mass is 10.0. The van der Waals surface area contributed by atoms with Crippen molar-refractivity contribution >= 4 is 0 Å². The Kier molecular flexibility index (Phi) is 3.34. The van der Waals surface area contributed by atoms with Gasteiger partial charge < -0.3 is 10.1 Å². The van der Waals surface area contributed by atoms with Crippen molar-refractivity contribution in [2.24, 2.45) is 5.92 Å². The van der Waals surface area contributed by atoms with E-state index in [0.717, 1.165) is 57.3 Å². The van der Waals surface area contributed by atoms with Gasteiger partial charge in [0, 0.05) is 24.7 Å². The van der Waals surface area contributed by atoms with Gasteiger partial charge in [0.15, 0.2) is 0 Å². The third kappa shape index (κ3) is 2.64. The molecule has 3 heterocycles. The van der Waals surface area contributed by atoms with Gasteiger partial charge in [-0.05, 0) is 37.4 Å². The van der Waals surface area contributed by atoms with E-state index < -0.39 is 0 Å². The highest BCUT2D eigenvalue weighted by Crippen LogP contribution is 2.16. The lowest BCUT2D eigenvalue weighted by Gasteiger charge is -2.09. The van der Waals surface area contributed by atoms with Crippen molar-refractivity contribution in [3.8, 4) is 0 Å². The Hall–Kier alpha value is -1.00. The molecule has 4 nitrogen and oxygen atoms in total. The Labute approximate surface area is 102 Å². The van der Waals surface area contributed by atoms with E-state index >= 15 is 0 Å². The number of fused-ring (bicyclic) bond motifs is 1. The molecule has 3 rings (SSSR count). The molecular weight excluding hydrogens is 214 g/mol. The molecular formula is C13H19N3O. The molecule has 17 heavy (non-hydrogen) atoms. The van der Waals surface area contributed by atoms with Gasteiger partial charge in [-0.2, -0.15) is 0 Å². The lowest BCUT2D eigenvalue weighted by molar-refractivity contribution is 0.146. The van der Waals surface area contributed by atoms with Gasteiger partial charge in [-0.1, -0.05) is 0 Å². The summed E-state index contributed by atoms with van der Waals surface area (Å²) in [7, 11) is 0. The first-order valence-electron chi connectivity index (χ1n) is 6.54. The van der Waals surface area contributed by atoms with Gasteiger partial charge in [-0.15, -0.1) is 0 Å². The fraction of sp³-hybridized carbons (Fsp3) is 0.692. The van der Waals surface area contributed by atoms with Crippen molar-refractivity contribution in [1.82, 2.24) is 15.3 Å². The van der Waals surface area contributed by atoms with Gasteiger partial charge in [0.2, 0.25) is 0 Å². The van der Waals surface area contributed by atoms with E-state index in [4.69, 9.17) is 9.72 Å². The second kappa shape index (κ2) is 5.10. The topological polar surface area (TPSA) is 47.0 Å². The van der Waals surface area contributed by atoms with E-state index in [-0.39, 0.29) is 0 Å². The second-order valence-corrected chi connectivity index (χ2v) is 4.93. The molecule has 2 aliphatic heterocycles. The normalized spacial score (nSPS) is 24.4. The Bertz CT molecular complexity index is 388. The molecule has 2 aliphatic rings. The van der Waals surface area contributed by atoms with E-state index in [1.807, 2.05) is 6.20 Å². The van der Waals surface area contributed by atoms with Crippen molar-refractivity contribution < 1.29 is 4.74 Å². The van der Waals surface area contributed by atoms with Crippen LogP contribution >= 0.6 is 0 Å². The number of nitrogens with one attached hydrogen (secondary N) is 1. The number of hydrogen-bond acceptors (Lipinski definition) is 4. The summed E-state index contributed by atoms with van der Waals surface area (Å²) in [5.74, 6) is 1.73. The quantitative estimate of drug-likeness (QED) is 0.818. The summed E-state index contributed by atoms with van der Waals surface area (Å²) in [6.45, 7) is 3.86. The summed E-state index contributed by atoms with van der Waals surface area (Å²) in [6.07, 6.45) is 6.17. The summed E-state index contributed by atoms with van der Waals surface area (Å²) < 4.78 is 5.47. The lowest BCUT2D eigenvalue weighted by Crippen LogP contribution is -2.13. The Morgan fingerprint density at radius 1 is 1.35 bits per heavy atom. The van der Waals surface area contributed by atoms with Crippen molar-refractivity contribution in [3.63, 3.8) is 0 Å². The van der Waals surface area contributed by atoms with Crippen molar-refractivity contribution in [3.05, 3.63) is 23.3 Å². The number of hydrogen-bond donors (Lipinski definition) is 1. The predicted molar refractivity (Wildman–Crippen MR) is 64.9 cm³/mol. The van der Waals surface area contributed by atoms with Crippen LogP contribution in [0, 0.1) is 5.92 Å². The van der Waals surface area contributed by atoms with Crippen LogP contribution in [0.15, 0.2) is 6.20 Å². The first kappa shape index (κ1) is 11.1. The van der Waals surface area contributed by atoms with Gasteiger partial charge in [0.1, 0.15) is 5.82 Å². The molecule has 0 saturated carbocycles. The third-order valence-electron chi connectivity index (χ3n) is 3.64. The highest BCUT2D eigenvalue weighted by Gasteiger charge is 2.17. The zero-order valence-corrected chi connectivity index (χ0v) is 10.1. The summed E-state index contributed by atoms with van der Waals surface area (Å²) >= 11 is 0. The molecule has 1 aromatic heterocycles. The van der Waals surface area contributed by atoms with Crippen LogP contribution in [0.4, 0.5) is 0 Å². The SMILES string of the molecule is c1nc(CC2CCNC2)nc2c1CCOCC2. The van der Waals surface area contributed by atoms with Gasteiger partial charge in [0.05, 0.1) is 13.2 Å². The molecule has 0 aromatic carbocycles. The largest absolute Gasteiger partial charge is 0.381 e. The molecule has 92 valence electrons. The Balaban J connectivity index is 1.74.